The molecule has 1 aliphatic rings. The quantitative estimate of drug-likeness (QED) is 0.612. The Morgan fingerprint density at radius 2 is 2.16 bits per heavy atom. The molecule has 0 amide bonds. The van der Waals surface area contributed by atoms with Gasteiger partial charge in [-0.05, 0) is 37.0 Å². The molecule has 0 bridgehead atoms. The van der Waals surface area contributed by atoms with Crippen LogP contribution in [0.3, 0.4) is 0 Å². The minimum Gasteiger partial charge on any atom is -0.504 e. The highest BCUT2D eigenvalue weighted by atomic mass is 16.5. The van der Waals surface area contributed by atoms with Crippen LogP contribution < -0.4 is 4.74 Å². The van der Waals surface area contributed by atoms with Gasteiger partial charge in [-0.25, -0.2) is 4.79 Å². The maximum atomic E-state index is 12.5. The highest BCUT2D eigenvalue weighted by molar-refractivity contribution is 5.89. The number of phenolic OH excluding ortho intramolecular Hbond substituents is 1. The average Bonchev–Trinajstić information content (AvgIpc) is 3.11. The zero-order valence-electron chi connectivity index (χ0n) is 18.9. The van der Waals surface area contributed by atoms with E-state index in [2.05, 4.69) is 29.9 Å². The van der Waals surface area contributed by atoms with Crippen LogP contribution >= 0.6 is 0 Å². The maximum absolute atomic E-state index is 12.5. The number of phenols is 1. The van der Waals surface area contributed by atoms with Gasteiger partial charge in [0.05, 0.1) is 13.7 Å². The summed E-state index contributed by atoms with van der Waals surface area (Å²) in [5.74, 6) is 0.826. The maximum Gasteiger partial charge on any atom is 0.359 e. The van der Waals surface area contributed by atoms with Gasteiger partial charge in [0.15, 0.2) is 17.2 Å². The Morgan fingerprint density at radius 3 is 2.87 bits per heavy atom. The van der Waals surface area contributed by atoms with E-state index >= 15 is 0 Å². The molecule has 0 radical (unpaired) electrons. The van der Waals surface area contributed by atoms with Crippen LogP contribution in [0.4, 0.5) is 0 Å². The largest absolute Gasteiger partial charge is 0.504 e. The molecule has 0 atom stereocenters. The van der Waals surface area contributed by atoms with Crippen molar-refractivity contribution in [2.24, 2.45) is 5.92 Å². The smallest absolute Gasteiger partial charge is 0.359 e. The Bertz CT molecular complexity index is 933. The first-order valence-corrected chi connectivity index (χ1v) is 10.9. The van der Waals surface area contributed by atoms with Crippen LogP contribution in [0.2, 0.25) is 0 Å². The van der Waals surface area contributed by atoms with E-state index < -0.39 is 0 Å². The van der Waals surface area contributed by atoms with Crippen molar-refractivity contribution in [3.8, 4) is 11.5 Å². The van der Waals surface area contributed by atoms with E-state index in [1.807, 2.05) is 23.7 Å². The lowest BCUT2D eigenvalue weighted by Gasteiger charge is -2.26. The van der Waals surface area contributed by atoms with Crippen molar-refractivity contribution in [1.82, 2.24) is 14.7 Å². The summed E-state index contributed by atoms with van der Waals surface area (Å²) in [7, 11) is 1.54. The SMILES string of the molecule is CCOC(=O)c1nn(CCC(C)C)c2c1CN(CC=Cc1ccc(O)c(OC)c1)CC2. The first-order valence-electron chi connectivity index (χ1n) is 10.9. The third-order valence-electron chi connectivity index (χ3n) is 5.48. The van der Waals surface area contributed by atoms with Crippen LogP contribution in [0.1, 0.15) is 54.5 Å². The first kappa shape index (κ1) is 22.9. The molecule has 31 heavy (non-hydrogen) atoms. The van der Waals surface area contributed by atoms with Gasteiger partial charge < -0.3 is 14.6 Å². The van der Waals surface area contributed by atoms with Gasteiger partial charge in [-0.3, -0.25) is 9.58 Å². The number of fused-ring (bicyclic) bond motifs is 1. The average molecular weight is 428 g/mol. The molecule has 0 aliphatic carbocycles. The number of hydrogen-bond acceptors (Lipinski definition) is 6. The van der Waals surface area contributed by atoms with Gasteiger partial charge in [-0.15, -0.1) is 0 Å². The van der Waals surface area contributed by atoms with Crippen molar-refractivity contribution >= 4 is 12.0 Å². The summed E-state index contributed by atoms with van der Waals surface area (Å²) in [5.41, 5.74) is 3.57. The zero-order chi connectivity index (χ0) is 22.4. The Morgan fingerprint density at radius 1 is 1.35 bits per heavy atom. The Balaban J connectivity index is 1.73. The van der Waals surface area contributed by atoms with Crippen LogP contribution in [0.5, 0.6) is 11.5 Å². The summed E-state index contributed by atoms with van der Waals surface area (Å²) in [4.78, 5) is 14.8. The van der Waals surface area contributed by atoms with Crippen molar-refractivity contribution < 1.29 is 19.4 Å². The van der Waals surface area contributed by atoms with E-state index in [1.54, 1.807) is 12.1 Å². The van der Waals surface area contributed by atoms with Crippen LogP contribution in [-0.4, -0.2) is 52.6 Å². The molecule has 2 aromatic rings. The molecule has 1 aliphatic heterocycles. The lowest BCUT2D eigenvalue weighted by Crippen LogP contribution is -2.32. The van der Waals surface area contributed by atoms with Crippen LogP contribution in [-0.2, 0) is 24.2 Å². The molecule has 0 unspecified atom stereocenters. The lowest BCUT2D eigenvalue weighted by atomic mass is 10.0. The second kappa shape index (κ2) is 10.5. The van der Waals surface area contributed by atoms with E-state index in [0.29, 0.717) is 30.5 Å². The van der Waals surface area contributed by atoms with Gasteiger partial charge >= 0.3 is 5.97 Å². The summed E-state index contributed by atoms with van der Waals surface area (Å²) in [6.45, 7) is 9.70. The Hall–Kier alpha value is -2.80. The molecule has 7 nitrogen and oxygen atoms in total. The number of benzene rings is 1. The predicted octanol–water partition coefficient (Wildman–Crippen LogP) is 3.89. The molecular weight excluding hydrogens is 394 g/mol. The molecule has 0 saturated carbocycles. The fraction of sp³-hybridized carbons (Fsp3) is 0.500. The fourth-order valence-electron chi connectivity index (χ4n) is 3.77. The monoisotopic (exact) mass is 427 g/mol. The zero-order valence-corrected chi connectivity index (χ0v) is 18.9. The number of ether oxygens (including phenoxy) is 2. The minimum atomic E-state index is -0.337. The number of aryl methyl sites for hydroxylation is 1. The Kier molecular flexibility index (Phi) is 7.74. The van der Waals surface area contributed by atoms with Crippen LogP contribution in [0.15, 0.2) is 24.3 Å². The van der Waals surface area contributed by atoms with Crippen molar-refractivity contribution in [1.29, 1.82) is 0 Å². The third-order valence-corrected chi connectivity index (χ3v) is 5.48. The molecule has 1 aromatic carbocycles. The normalized spacial score (nSPS) is 14.2. The van der Waals surface area contributed by atoms with E-state index in [4.69, 9.17) is 9.47 Å². The minimum absolute atomic E-state index is 0.129. The van der Waals surface area contributed by atoms with Gasteiger partial charge in [0.1, 0.15) is 0 Å². The number of rotatable bonds is 9. The van der Waals surface area contributed by atoms with Gasteiger partial charge in [-0.1, -0.05) is 32.1 Å². The second-order valence-electron chi connectivity index (χ2n) is 8.22. The van der Waals surface area contributed by atoms with E-state index in [0.717, 1.165) is 49.3 Å². The number of carbonyl (C=O) groups excluding carboxylic acids is 1. The molecule has 1 N–H and O–H groups in total. The topological polar surface area (TPSA) is 76.8 Å². The highest BCUT2D eigenvalue weighted by Gasteiger charge is 2.28. The van der Waals surface area contributed by atoms with E-state index in [-0.39, 0.29) is 11.7 Å². The molecule has 7 heteroatoms. The first-order chi connectivity index (χ1) is 14.9. The van der Waals surface area contributed by atoms with Gasteiger partial charge in [0.25, 0.3) is 0 Å². The highest BCUT2D eigenvalue weighted by Crippen LogP contribution is 2.27. The van der Waals surface area contributed by atoms with Crippen LogP contribution in [0.25, 0.3) is 6.08 Å². The molecule has 0 saturated heterocycles. The molecule has 2 heterocycles. The summed E-state index contributed by atoms with van der Waals surface area (Å²) in [6.07, 6.45) is 5.99. The standard InChI is InChI=1S/C24H33N3O4/c1-5-31-24(29)23-19-16-26(13-11-20(19)27(25-23)14-10-17(2)3)12-6-7-18-8-9-21(28)22(15-18)30-4/h6-9,15,17,28H,5,10-14,16H2,1-4H3. The molecule has 0 fully saturated rings. The van der Waals surface area contributed by atoms with E-state index in [9.17, 15) is 9.90 Å². The Labute approximate surface area is 184 Å². The summed E-state index contributed by atoms with van der Waals surface area (Å²) in [6, 6.07) is 5.28. The number of aromatic nitrogens is 2. The van der Waals surface area contributed by atoms with Crippen molar-refractivity contribution in [3.63, 3.8) is 0 Å². The number of hydrogen-bond donors (Lipinski definition) is 1. The summed E-state index contributed by atoms with van der Waals surface area (Å²) in [5, 5.41) is 14.4. The number of nitrogens with zero attached hydrogens (tertiary/aromatic N) is 3. The molecule has 1 aromatic heterocycles. The van der Waals surface area contributed by atoms with Gasteiger partial charge in [-0.2, -0.15) is 5.10 Å². The fourth-order valence-corrected chi connectivity index (χ4v) is 3.77. The summed E-state index contributed by atoms with van der Waals surface area (Å²) < 4.78 is 12.4. The molecule has 0 spiro atoms. The van der Waals surface area contributed by atoms with Crippen molar-refractivity contribution in [2.45, 2.75) is 46.7 Å². The molecule has 3 rings (SSSR count). The molecule has 168 valence electrons. The second-order valence-corrected chi connectivity index (χ2v) is 8.22. The van der Waals surface area contributed by atoms with Gasteiger partial charge in [0.2, 0.25) is 0 Å². The number of carbonyl (C=O) groups is 1. The predicted molar refractivity (Wildman–Crippen MR) is 120 cm³/mol. The van der Waals surface area contributed by atoms with Crippen molar-refractivity contribution in [2.75, 3.05) is 26.8 Å². The molecular formula is C24H33N3O4. The summed E-state index contributed by atoms with van der Waals surface area (Å²) >= 11 is 0. The van der Waals surface area contributed by atoms with Crippen LogP contribution in [0, 0.1) is 5.92 Å². The third kappa shape index (κ3) is 5.67. The van der Waals surface area contributed by atoms with E-state index in [1.165, 1.54) is 7.11 Å². The number of methoxy groups -OCH3 is 1. The van der Waals surface area contributed by atoms with Crippen molar-refractivity contribution in [3.05, 3.63) is 46.8 Å². The van der Waals surface area contributed by atoms with Gasteiger partial charge in [0, 0.05) is 43.9 Å². The number of esters is 1. The lowest BCUT2D eigenvalue weighted by molar-refractivity contribution is 0.0516. The number of aromatic hydroxyl groups is 1.